The van der Waals surface area contributed by atoms with Gasteiger partial charge in [0.15, 0.2) is 5.82 Å². The molecule has 18 heteroatoms. The van der Waals surface area contributed by atoms with Gasteiger partial charge < -0.3 is 34.0 Å². The normalized spacial score (nSPS) is 26.4. The van der Waals surface area contributed by atoms with Crippen LogP contribution < -0.4 is 19.9 Å². The smallest absolute Gasteiger partial charge is 0.409 e. The summed E-state index contributed by atoms with van der Waals surface area (Å²) in [5, 5.41) is 19.7. The summed E-state index contributed by atoms with van der Waals surface area (Å²) in [4.78, 5) is 62.3. The van der Waals surface area contributed by atoms with Gasteiger partial charge in [0.1, 0.15) is 36.0 Å². The number of aromatic nitrogens is 5. The van der Waals surface area contributed by atoms with Crippen molar-refractivity contribution in [2.45, 2.75) is 146 Å². The molecule has 77 heavy (non-hydrogen) atoms. The van der Waals surface area contributed by atoms with Gasteiger partial charge in [-0.05, 0) is 168 Å². The van der Waals surface area contributed by atoms with Gasteiger partial charge in [-0.1, -0.05) is 6.92 Å². The number of rotatable bonds is 10. The summed E-state index contributed by atoms with van der Waals surface area (Å²) in [7, 11) is 1.92. The lowest BCUT2D eigenvalue weighted by Gasteiger charge is -2.37. The number of nitrogens with one attached hydrogen (secondary N) is 1. The molecule has 3 amide bonds. The third kappa shape index (κ3) is 9.41. The van der Waals surface area contributed by atoms with E-state index in [4.69, 9.17) is 34.3 Å². The minimum atomic E-state index is -0.514. The molecule has 0 bridgehead atoms. The molecular formula is C59H73FN10O7. The molecule has 13 rings (SSSR count). The van der Waals surface area contributed by atoms with Gasteiger partial charge in [0, 0.05) is 75.5 Å². The van der Waals surface area contributed by atoms with Crippen LogP contribution in [0.1, 0.15) is 138 Å². The molecule has 1 unspecified atom stereocenters. The van der Waals surface area contributed by atoms with Crippen molar-refractivity contribution in [3.63, 3.8) is 0 Å². The fourth-order valence-electron chi connectivity index (χ4n) is 15.1. The molecule has 8 aliphatic rings. The number of carbonyl (C=O) groups is 3. The highest BCUT2D eigenvalue weighted by molar-refractivity contribution is 6.03. The number of likely N-dealkylation sites (tertiary alicyclic amines) is 1. The molecule has 6 fully saturated rings. The number of fused-ring (bicyclic) bond motifs is 5. The standard InChI is InChI=1S/C59H73FN10O7/c1-35-6-3-7-38-29-42(71)31-45(49(35)38)53-51(60)54-50-46(61-53)12-9-40-32-75-27-5-21-69(40)55(50)64-57(63-54)77-34-59-19-4-22-70(59)41(14-20-59)33-76-58(74)68-25-17-37(18-26-68)28-36-15-23-67(24-16-36)39-8-10-43-47(30-39)66(2)65-52(43)44-11-13-48(72)62-56(44)73/h8,10,29-31,35-37,40-41,44,71H,3-7,9,11-28,32-34H2,1-2H3,(H,62,72,73)/t35-,40+,41+,44?,59+/m1/s1. The number of phenols is 1. The zero-order valence-corrected chi connectivity index (χ0v) is 44.7. The summed E-state index contributed by atoms with van der Waals surface area (Å²) < 4.78 is 38.2. The first-order valence-corrected chi connectivity index (χ1v) is 28.9. The van der Waals surface area contributed by atoms with E-state index in [9.17, 15) is 19.5 Å². The van der Waals surface area contributed by atoms with Crippen LogP contribution in [0.25, 0.3) is 33.1 Å². The second kappa shape index (κ2) is 20.6. The predicted octanol–water partition coefficient (Wildman–Crippen LogP) is 8.46. The summed E-state index contributed by atoms with van der Waals surface area (Å²) in [6.07, 6.45) is 14.8. The Morgan fingerprint density at radius 1 is 0.896 bits per heavy atom. The Hall–Kier alpha value is -6.14. The van der Waals surface area contributed by atoms with Crippen molar-refractivity contribution < 1.29 is 38.1 Å². The lowest BCUT2D eigenvalue weighted by Crippen LogP contribution is -2.48. The third-order valence-electron chi connectivity index (χ3n) is 19.2. The number of anilines is 2. The number of amides is 3. The number of imide groups is 1. The van der Waals surface area contributed by atoms with Crippen molar-refractivity contribution in [3.8, 4) is 23.0 Å². The maximum absolute atomic E-state index is 17.5. The molecule has 5 atom stereocenters. The zero-order valence-electron chi connectivity index (χ0n) is 44.7. The van der Waals surface area contributed by atoms with Crippen LogP contribution in [0.15, 0.2) is 30.3 Å². The number of phenolic OH excluding ortho intramolecular Hbond substituents is 1. The van der Waals surface area contributed by atoms with Crippen LogP contribution in [0.2, 0.25) is 0 Å². The number of pyridine rings is 1. The Morgan fingerprint density at radius 2 is 1.73 bits per heavy atom. The van der Waals surface area contributed by atoms with Gasteiger partial charge in [0.05, 0.1) is 46.4 Å². The molecule has 2 N–H and O–H groups in total. The Kier molecular flexibility index (Phi) is 13.5. The van der Waals surface area contributed by atoms with Crippen LogP contribution in [0.5, 0.6) is 11.8 Å². The van der Waals surface area contributed by atoms with Crippen molar-refractivity contribution in [1.82, 2.24) is 39.8 Å². The first kappa shape index (κ1) is 50.4. The predicted molar refractivity (Wildman–Crippen MR) is 289 cm³/mol. The van der Waals surface area contributed by atoms with E-state index in [0.29, 0.717) is 87.4 Å². The summed E-state index contributed by atoms with van der Waals surface area (Å²) in [6, 6.07) is 10.2. The molecule has 10 heterocycles. The summed E-state index contributed by atoms with van der Waals surface area (Å²) in [6.45, 7) is 9.10. The molecule has 0 radical (unpaired) electrons. The van der Waals surface area contributed by atoms with E-state index in [1.807, 2.05) is 22.7 Å². The first-order valence-electron chi connectivity index (χ1n) is 28.9. The van der Waals surface area contributed by atoms with E-state index in [1.54, 1.807) is 6.07 Å². The van der Waals surface area contributed by atoms with Crippen molar-refractivity contribution >= 4 is 51.2 Å². The SMILES string of the molecule is C[C@@H]1CCCc2cc(O)cc(-c3nc4c5c(nc(OC[C@@]67CCCN6[C@H](COC(=O)N6CCC(CC8CCN(c9ccc%10c(C%11CCC(=O)NC%11=O)nn(C)c%10c9)CC8)CC6)CC7)nc5c3F)N3CCCOC[C@@H]3CC4)c21. The molecule has 6 saturated heterocycles. The second-order valence-corrected chi connectivity index (χ2v) is 23.8. The molecule has 5 aromatic rings. The molecule has 0 spiro atoms. The number of hydrogen-bond acceptors (Lipinski definition) is 14. The summed E-state index contributed by atoms with van der Waals surface area (Å²) >= 11 is 0. The number of carbonyl (C=O) groups excluding carboxylic acids is 3. The molecule has 17 nitrogen and oxygen atoms in total. The Balaban J connectivity index is 0.627. The topological polar surface area (TPSA) is 181 Å². The van der Waals surface area contributed by atoms with Crippen molar-refractivity contribution in [3.05, 3.63) is 58.7 Å². The van der Waals surface area contributed by atoms with E-state index in [-0.39, 0.29) is 64.4 Å². The molecule has 408 valence electrons. The van der Waals surface area contributed by atoms with Gasteiger partial charge >= 0.3 is 12.1 Å². The Morgan fingerprint density at radius 3 is 2.56 bits per heavy atom. The van der Waals surface area contributed by atoms with Crippen LogP contribution in [-0.2, 0) is 39.0 Å². The number of aryl methyl sites for hydroxylation is 3. The van der Waals surface area contributed by atoms with E-state index < -0.39 is 11.7 Å². The van der Waals surface area contributed by atoms with E-state index in [1.165, 1.54) is 12.1 Å². The first-order chi connectivity index (χ1) is 37.5. The average molecular weight is 1050 g/mol. The van der Waals surface area contributed by atoms with Crippen molar-refractivity contribution in [2.75, 3.05) is 75.5 Å². The van der Waals surface area contributed by atoms with Gasteiger partial charge in [-0.15, -0.1) is 0 Å². The highest BCUT2D eigenvalue weighted by Gasteiger charge is 2.50. The van der Waals surface area contributed by atoms with Gasteiger partial charge in [0.25, 0.3) is 0 Å². The van der Waals surface area contributed by atoms with Crippen molar-refractivity contribution in [2.24, 2.45) is 18.9 Å². The Labute approximate surface area is 449 Å². The number of piperidine rings is 3. The summed E-state index contributed by atoms with van der Waals surface area (Å²) in [5.74, 6) is 0.802. The second-order valence-electron chi connectivity index (χ2n) is 23.8. The van der Waals surface area contributed by atoms with Crippen LogP contribution >= 0.6 is 0 Å². The highest BCUT2D eigenvalue weighted by Crippen LogP contribution is 2.46. The van der Waals surface area contributed by atoms with E-state index in [2.05, 4.69) is 45.1 Å². The molecule has 7 aliphatic heterocycles. The maximum Gasteiger partial charge on any atom is 0.409 e. The number of hydrogen-bond donors (Lipinski definition) is 2. The number of nitrogens with zero attached hydrogens (tertiary/aromatic N) is 9. The highest BCUT2D eigenvalue weighted by atomic mass is 19.1. The number of benzene rings is 2. The monoisotopic (exact) mass is 1050 g/mol. The quantitative estimate of drug-likeness (QED) is 0.127. The molecule has 3 aromatic heterocycles. The Bertz CT molecular complexity index is 3120. The van der Waals surface area contributed by atoms with Crippen LogP contribution in [0.3, 0.4) is 0 Å². The van der Waals surface area contributed by atoms with Crippen LogP contribution in [-0.4, -0.2) is 141 Å². The third-order valence-corrected chi connectivity index (χ3v) is 19.2. The minimum Gasteiger partial charge on any atom is -0.508 e. The number of ether oxygens (including phenoxy) is 3. The minimum absolute atomic E-state index is 0.0517. The van der Waals surface area contributed by atoms with Crippen LogP contribution in [0, 0.1) is 17.7 Å². The lowest BCUT2D eigenvalue weighted by atomic mass is 9.80. The lowest BCUT2D eigenvalue weighted by molar-refractivity contribution is -0.134. The van der Waals surface area contributed by atoms with Gasteiger partial charge in [-0.3, -0.25) is 24.5 Å². The molecular weight excluding hydrogens is 980 g/mol. The van der Waals surface area contributed by atoms with Crippen molar-refractivity contribution in [1.29, 1.82) is 0 Å². The maximum atomic E-state index is 17.5. The van der Waals surface area contributed by atoms with E-state index >= 15 is 4.39 Å². The average Bonchev–Trinajstić information content (AvgIpc) is 4.11. The zero-order chi connectivity index (χ0) is 52.5. The van der Waals surface area contributed by atoms with Gasteiger partial charge in [-0.25, -0.2) is 14.2 Å². The molecule has 2 aromatic carbocycles. The van der Waals surface area contributed by atoms with E-state index in [0.717, 1.165) is 143 Å². The van der Waals surface area contributed by atoms with Gasteiger partial charge in [0.2, 0.25) is 11.8 Å². The molecule has 1 aliphatic carbocycles. The largest absolute Gasteiger partial charge is 0.508 e. The van der Waals surface area contributed by atoms with Crippen LogP contribution in [0.4, 0.5) is 20.7 Å². The fourth-order valence-corrected chi connectivity index (χ4v) is 15.1. The number of halogens is 1. The summed E-state index contributed by atoms with van der Waals surface area (Å²) in [5.41, 5.74) is 6.59. The fraction of sp³-hybridized carbons (Fsp3) is 0.610. The van der Waals surface area contributed by atoms with Gasteiger partial charge in [-0.2, -0.15) is 15.1 Å². The number of aromatic hydroxyl groups is 1. The molecule has 0 saturated carbocycles.